The van der Waals surface area contributed by atoms with Gasteiger partial charge in [0, 0.05) is 6.04 Å². The Morgan fingerprint density at radius 1 is 1.73 bits per heavy atom. The van der Waals surface area contributed by atoms with E-state index < -0.39 is 0 Å². The van der Waals surface area contributed by atoms with Crippen molar-refractivity contribution < 1.29 is 0 Å². The molecule has 0 radical (unpaired) electrons. The minimum Gasteiger partial charge on any atom is -0.324 e. The molecule has 0 aliphatic heterocycles. The van der Waals surface area contributed by atoms with Gasteiger partial charge in [0.2, 0.25) is 0 Å². The van der Waals surface area contributed by atoms with Gasteiger partial charge in [-0.3, -0.25) is 0 Å². The molecule has 0 bridgehead atoms. The van der Waals surface area contributed by atoms with Crippen LogP contribution >= 0.6 is 0 Å². The summed E-state index contributed by atoms with van der Waals surface area (Å²) in [6.45, 7) is 6.18. The number of rotatable bonds is 2. The topological polar surface area (TPSA) is 26.0 Å². The molecule has 0 spiro atoms. The van der Waals surface area contributed by atoms with E-state index in [0.717, 1.165) is 12.8 Å². The number of allylic oxidation sites excluding steroid dienone is 1. The zero-order valence-corrected chi connectivity index (χ0v) is 7.22. The maximum atomic E-state index is 5.91. The maximum Gasteiger partial charge on any atom is 0.0290 e. The molecule has 2 atom stereocenters. The second-order valence-electron chi connectivity index (χ2n) is 3.20. The lowest BCUT2D eigenvalue weighted by molar-refractivity contribution is 0.481. The highest BCUT2D eigenvalue weighted by Crippen LogP contribution is 2.25. The lowest BCUT2D eigenvalue weighted by Gasteiger charge is -2.25. The molecule has 1 aliphatic rings. The third-order valence-corrected chi connectivity index (χ3v) is 2.45. The summed E-state index contributed by atoms with van der Waals surface area (Å²) in [6, 6.07) is 0.219. The van der Waals surface area contributed by atoms with Crippen LogP contribution in [0.2, 0.25) is 0 Å². The van der Waals surface area contributed by atoms with Crippen LogP contribution in [0, 0.1) is 5.92 Å². The molecule has 0 amide bonds. The molecular formula is C10H17N. The lowest BCUT2D eigenvalue weighted by atomic mass is 9.84. The van der Waals surface area contributed by atoms with Crippen molar-refractivity contribution in [3.63, 3.8) is 0 Å². The molecule has 0 saturated heterocycles. The number of hydrogen-bond donors (Lipinski definition) is 1. The highest BCUT2D eigenvalue weighted by molar-refractivity contribution is 5.12. The van der Waals surface area contributed by atoms with Crippen molar-refractivity contribution in [3.05, 3.63) is 24.3 Å². The Balaban J connectivity index is 2.57. The average molecular weight is 151 g/mol. The Hall–Kier alpha value is -0.560. The Labute approximate surface area is 69.0 Å². The van der Waals surface area contributed by atoms with Gasteiger partial charge in [-0.25, -0.2) is 0 Å². The van der Waals surface area contributed by atoms with E-state index in [1.807, 2.05) is 0 Å². The predicted octanol–water partition coefficient (Wildman–Crippen LogP) is 2.25. The summed E-state index contributed by atoms with van der Waals surface area (Å²) < 4.78 is 0. The molecular weight excluding hydrogens is 134 g/mol. The van der Waals surface area contributed by atoms with Crippen molar-refractivity contribution in [3.8, 4) is 0 Å². The summed E-state index contributed by atoms with van der Waals surface area (Å²) in [6.07, 6.45) is 7.69. The molecule has 2 N–H and O–H groups in total. The van der Waals surface area contributed by atoms with Gasteiger partial charge in [0.25, 0.3) is 0 Å². The fourth-order valence-electron chi connectivity index (χ4n) is 1.59. The van der Waals surface area contributed by atoms with Crippen molar-refractivity contribution in [2.75, 3.05) is 0 Å². The van der Waals surface area contributed by atoms with Crippen LogP contribution < -0.4 is 5.73 Å². The molecule has 0 aromatic heterocycles. The summed E-state index contributed by atoms with van der Waals surface area (Å²) in [4.78, 5) is 0. The van der Waals surface area contributed by atoms with Crippen molar-refractivity contribution in [1.29, 1.82) is 0 Å². The Morgan fingerprint density at radius 2 is 2.45 bits per heavy atom. The first-order chi connectivity index (χ1) is 5.25. The minimum atomic E-state index is 0.219. The number of hydrogen-bond acceptors (Lipinski definition) is 1. The molecule has 0 aromatic carbocycles. The first-order valence-corrected chi connectivity index (χ1v) is 4.35. The van der Waals surface area contributed by atoms with Gasteiger partial charge >= 0.3 is 0 Å². The monoisotopic (exact) mass is 151 g/mol. The van der Waals surface area contributed by atoms with E-state index >= 15 is 0 Å². The predicted molar refractivity (Wildman–Crippen MR) is 49.3 cm³/mol. The largest absolute Gasteiger partial charge is 0.324 e. The molecule has 0 aromatic rings. The normalized spacial score (nSPS) is 30.4. The standard InChI is InChI=1S/C10H17N/c1-3-8(2)9-6-4-5-7-10(9)11/h5,7,9-10H,2-4,6,11H2,1H3. The molecule has 62 valence electrons. The highest BCUT2D eigenvalue weighted by Gasteiger charge is 2.19. The van der Waals surface area contributed by atoms with Gasteiger partial charge in [0.15, 0.2) is 0 Å². The number of nitrogens with two attached hydrogens (primary N) is 1. The first kappa shape index (κ1) is 8.54. The SMILES string of the molecule is C=C(CC)C1CCC=CC1N. The lowest BCUT2D eigenvalue weighted by Crippen LogP contribution is -2.30. The zero-order valence-electron chi connectivity index (χ0n) is 7.22. The van der Waals surface area contributed by atoms with Crippen LogP contribution in [0.4, 0.5) is 0 Å². The Bertz CT molecular complexity index is 170. The highest BCUT2D eigenvalue weighted by atomic mass is 14.6. The van der Waals surface area contributed by atoms with E-state index in [1.165, 1.54) is 12.0 Å². The summed E-state index contributed by atoms with van der Waals surface area (Å²) in [5.74, 6) is 0.532. The molecule has 11 heavy (non-hydrogen) atoms. The second-order valence-corrected chi connectivity index (χ2v) is 3.20. The van der Waals surface area contributed by atoms with Gasteiger partial charge in [-0.2, -0.15) is 0 Å². The van der Waals surface area contributed by atoms with Crippen LogP contribution in [0.1, 0.15) is 26.2 Å². The van der Waals surface area contributed by atoms with Crippen molar-refractivity contribution in [2.24, 2.45) is 11.7 Å². The molecule has 0 saturated carbocycles. The van der Waals surface area contributed by atoms with Crippen LogP contribution in [-0.2, 0) is 0 Å². The van der Waals surface area contributed by atoms with Crippen LogP contribution in [-0.4, -0.2) is 6.04 Å². The summed E-state index contributed by atoms with van der Waals surface area (Å²) in [7, 11) is 0. The second kappa shape index (κ2) is 3.72. The van der Waals surface area contributed by atoms with Crippen LogP contribution in [0.25, 0.3) is 0 Å². The molecule has 0 heterocycles. The molecule has 0 fully saturated rings. The van der Waals surface area contributed by atoms with E-state index in [0.29, 0.717) is 5.92 Å². The van der Waals surface area contributed by atoms with Gasteiger partial charge in [-0.05, 0) is 25.2 Å². The average Bonchev–Trinajstić information content (AvgIpc) is 2.04. The fourth-order valence-corrected chi connectivity index (χ4v) is 1.59. The van der Waals surface area contributed by atoms with Crippen molar-refractivity contribution in [2.45, 2.75) is 32.2 Å². The van der Waals surface area contributed by atoms with Gasteiger partial charge in [0.1, 0.15) is 0 Å². The van der Waals surface area contributed by atoms with Gasteiger partial charge in [0.05, 0.1) is 0 Å². The van der Waals surface area contributed by atoms with E-state index in [9.17, 15) is 0 Å². The van der Waals surface area contributed by atoms with E-state index in [1.54, 1.807) is 0 Å². The van der Waals surface area contributed by atoms with Gasteiger partial charge in [-0.1, -0.05) is 31.2 Å². The van der Waals surface area contributed by atoms with Crippen molar-refractivity contribution >= 4 is 0 Å². The van der Waals surface area contributed by atoms with E-state index in [2.05, 4.69) is 25.7 Å². The third kappa shape index (κ3) is 1.93. The van der Waals surface area contributed by atoms with Crippen molar-refractivity contribution in [1.82, 2.24) is 0 Å². The van der Waals surface area contributed by atoms with Crippen LogP contribution in [0.15, 0.2) is 24.3 Å². The molecule has 2 unspecified atom stereocenters. The Kier molecular flexibility index (Phi) is 2.89. The zero-order chi connectivity index (χ0) is 8.27. The molecule has 1 aliphatic carbocycles. The summed E-state index contributed by atoms with van der Waals surface area (Å²) >= 11 is 0. The van der Waals surface area contributed by atoms with Crippen LogP contribution in [0.5, 0.6) is 0 Å². The summed E-state index contributed by atoms with van der Waals surface area (Å²) in [5.41, 5.74) is 7.22. The van der Waals surface area contributed by atoms with Gasteiger partial charge < -0.3 is 5.73 Å². The molecule has 1 rings (SSSR count). The maximum absolute atomic E-state index is 5.91. The van der Waals surface area contributed by atoms with Gasteiger partial charge in [-0.15, -0.1) is 0 Å². The smallest absolute Gasteiger partial charge is 0.0290 e. The molecule has 1 heteroatoms. The fraction of sp³-hybridized carbons (Fsp3) is 0.600. The first-order valence-electron chi connectivity index (χ1n) is 4.35. The quantitative estimate of drug-likeness (QED) is 0.602. The van der Waals surface area contributed by atoms with E-state index in [-0.39, 0.29) is 6.04 Å². The minimum absolute atomic E-state index is 0.219. The summed E-state index contributed by atoms with van der Waals surface area (Å²) in [5, 5.41) is 0. The third-order valence-electron chi connectivity index (χ3n) is 2.45. The van der Waals surface area contributed by atoms with E-state index in [4.69, 9.17) is 5.73 Å². The van der Waals surface area contributed by atoms with Crippen LogP contribution in [0.3, 0.4) is 0 Å². The Morgan fingerprint density at radius 3 is 3.00 bits per heavy atom. The molecule has 1 nitrogen and oxygen atoms in total.